The van der Waals surface area contributed by atoms with Crippen LogP contribution >= 0.6 is 0 Å². The molecule has 0 bridgehead atoms. The van der Waals surface area contributed by atoms with E-state index in [0.29, 0.717) is 5.75 Å². The van der Waals surface area contributed by atoms with Gasteiger partial charge in [0, 0.05) is 12.1 Å². The number of aryl methyl sites for hydroxylation is 1. The summed E-state index contributed by atoms with van der Waals surface area (Å²) in [6.07, 6.45) is 16.1. The predicted molar refractivity (Wildman–Crippen MR) is 127 cm³/mol. The van der Waals surface area contributed by atoms with Gasteiger partial charge in [0.1, 0.15) is 5.75 Å². The number of unbranched alkanes of at least 4 members (excludes halogenated alkanes) is 1. The molecule has 1 atom stereocenters. The second kappa shape index (κ2) is 11.3. The number of aliphatic carboxylic acids is 1. The highest BCUT2D eigenvalue weighted by Gasteiger charge is 2.29. The van der Waals surface area contributed by atoms with E-state index >= 15 is 0 Å². The topological polar surface area (TPSA) is 84.9 Å². The van der Waals surface area contributed by atoms with E-state index < -0.39 is 11.6 Å². The summed E-state index contributed by atoms with van der Waals surface area (Å²) in [5.74, 6) is -0.154. The van der Waals surface area contributed by atoms with Gasteiger partial charge in [-0.2, -0.15) is 0 Å². The number of carbonyl (C=O) groups is 1. The number of nitrogens with zero attached hydrogens (tertiary/aromatic N) is 1. The number of nitrogens with two attached hydrogens (primary N) is 1. The van der Waals surface area contributed by atoms with Crippen LogP contribution in [0.5, 0.6) is 5.75 Å². The summed E-state index contributed by atoms with van der Waals surface area (Å²) in [6.45, 7) is 7.32. The Morgan fingerprint density at radius 3 is 2.65 bits per heavy atom. The molecule has 0 fully saturated rings. The van der Waals surface area contributed by atoms with Crippen LogP contribution < -0.4 is 10.5 Å². The number of carboxylic acids is 1. The van der Waals surface area contributed by atoms with Crippen molar-refractivity contribution in [2.45, 2.75) is 59.0 Å². The highest BCUT2D eigenvalue weighted by Crippen LogP contribution is 2.25. The molecule has 0 saturated heterocycles. The molecule has 0 saturated carbocycles. The first-order valence-electron chi connectivity index (χ1n) is 10.8. The number of benzene rings is 1. The summed E-state index contributed by atoms with van der Waals surface area (Å²) in [5.41, 5.74) is 8.83. The zero-order valence-corrected chi connectivity index (χ0v) is 19.0. The number of hydrogen-bond donors (Lipinski definition) is 2. The van der Waals surface area contributed by atoms with Gasteiger partial charge in [-0.15, -0.1) is 0 Å². The Labute approximate surface area is 185 Å². The third kappa shape index (κ3) is 7.59. The Bertz CT molecular complexity index is 903. The van der Waals surface area contributed by atoms with E-state index in [0.717, 1.165) is 37.1 Å². The first kappa shape index (κ1) is 24.2. The van der Waals surface area contributed by atoms with Crippen LogP contribution in [-0.4, -0.2) is 22.9 Å². The van der Waals surface area contributed by atoms with E-state index in [4.69, 9.17) is 15.6 Å². The Balaban J connectivity index is 1.87. The quantitative estimate of drug-likeness (QED) is 0.380. The molecule has 1 aliphatic rings. The number of aliphatic imine (C=N–C) groups is 1. The maximum atomic E-state index is 11.2. The van der Waals surface area contributed by atoms with Crippen LogP contribution in [0.3, 0.4) is 0 Å². The van der Waals surface area contributed by atoms with Crippen molar-refractivity contribution in [3.8, 4) is 5.75 Å². The lowest BCUT2D eigenvalue weighted by atomic mass is 9.93. The maximum absolute atomic E-state index is 11.2. The molecule has 2 rings (SSSR count). The van der Waals surface area contributed by atoms with Crippen LogP contribution in [-0.2, 0) is 11.2 Å². The number of carboxylic acid groups (broad SMARTS) is 1. The normalized spacial score (nSPS) is 18.5. The van der Waals surface area contributed by atoms with Crippen LogP contribution in [0.25, 0.3) is 0 Å². The Morgan fingerprint density at radius 1 is 1.29 bits per heavy atom. The standard InChI is InChI=1S/C26H34N2O3/c1-5-6-7-11-21-18-24(23(27)17-19(21)2)28-16-9-8-10-20-12-14-22(15-13-20)31-26(3,4)25(29)30/h6-7,11-19H,5,8-10,27H2,1-4H3,(H,29,30)/b7-6-,21-11-,28-16?. The highest BCUT2D eigenvalue weighted by molar-refractivity contribution is 5.76. The van der Waals surface area contributed by atoms with Crippen LogP contribution in [0.15, 0.2) is 76.6 Å². The van der Waals surface area contributed by atoms with Gasteiger partial charge < -0.3 is 15.6 Å². The smallest absolute Gasteiger partial charge is 0.347 e. The SMILES string of the molecule is CC/C=C\C=C1\C=C(N=CCCCc2ccc(OC(C)(C)C(=O)O)cc2)C(N)=CC1C. The van der Waals surface area contributed by atoms with E-state index in [1.165, 1.54) is 25.0 Å². The van der Waals surface area contributed by atoms with Crippen molar-refractivity contribution in [3.05, 3.63) is 77.2 Å². The molecule has 3 N–H and O–H groups in total. The molecule has 5 nitrogen and oxygen atoms in total. The van der Waals surface area contributed by atoms with Gasteiger partial charge in [-0.3, -0.25) is 4.99 Å². The monoisotopic (exact) mass is 422 g/mol. The minimum atomic E-state index is -1.25. The van der Waals surface area contributed by atoms with Crippen LogP contribution in [0.2, 0.25) is 0 Å². The third-order valence-corrected chi connectivity index (χ3v) is 5.06. The molecule has 1 aromatic rings. The van der Waals surface area contributed by atoms with Gasteiger partial charge in [0.25, 0.3) is 0 Å². The van der Waals surface area contributed by atoms with E-state index in [9.17, 15) is 4.79 Å². The molecule has 1 unspecified atom stereocenters. The zero-order valence-electron chi connectivity index (χ0n) is 19.0. The lowest BCUT2D eigenvalue weighted by Gasteiger charge is -2.21. The molecule has 0 amide bonds. The molecule has 1 aliphatic carbocycles. The van der Waals surface area contributed by atoms with Gasteiger partial charge in [-0.25, -0.2) is 4.79 Å². The van der Waals surface area contributed by atoms with E-state index in [-0.39, 0.29) is 5.92 Å². The van der Waals surface area contributed by atoms with Crippen LogP contribution in [0.4, 0.5) is 0 Å². The largest absolute Gasteiger partial charge is 0.478 e. The van der Waals surface area contributed by atoms with Crippen LogP contribution in [0.1, 0.15) is 52.5 Å². The third-order valence-electron chi connectivity index (χ3n) is 5.06. The molecule has 5 heteroatoms. The summed E-state index contributed by atoms with van der Waals surface area (Å²) in [4.78, 5) is 15.7. The van der Waals surface area contributed by atoms with Gasteiger partial charge in [0.15, 0.2) is 5.60 Å². The van der Waals surface area contributed by atoms with Crippen molar-refractivity contribution in [2.75, 3.05) is 0 Å². The van der Waals surface area contributed by atoms with Crippen molar-refractivity contribution in [2.24, 2.45) is 16.6 Å². The molecule has 0 radical (unpaired) electrons. The average Bonchev–Trinajstić information content (AvgIpc) is 2.71. The van der Waals surface area contributed by atoms with Gasteiger partial charge in [-0.1, -0.05) is 50.3 Å². The molecular weight excluding hydrogens is 388 g/mol. The van der Waals surface area contributed by atoms with Crippen molar-refractivity contribution in [1.82, 2.24) is 0 Å². The molecule has 0 heterocycles. The fourth-order valence-corrected chi connectivity index (χ4v) is 3.07. The van der Waals surface area contributed by atoms with Crippen molar-refractivity contribution in [1.29, 1.82) is 0 Å². The average molecular weight is 423 g/mol. The van der Waals surface area contributed by atoms with Gasteiger partial charge >= 0.3 is 5.97 Å². The van der Waals surface area contributed by atoms with E-state index in [1.54, 1.807) is 0 Å². The fraction of sp³-hybridized carbons (Fsp3) is 0.385. The fourth-order valence-electron chi connectivity index (χ4n) is 3.07. The molecule has 0 aliphatic heterocycles. The molecule has 1 aromatic carbocycles. The number of allylic oxidation sites excluding steroid dienone is 6. The molecular formula is C26H34N2O3. The molecule has 0 aromatic heterocycles. The summed E-state index contributed by atoms with van der Waals surface area (Å²) >= 11 is 0. The molecule has 0 spiro atoms. The van der Waals surface area contributed by atoms with Gasteiger partial charge in [-0.05, 0) is 68.9 Å². The Morgan fingerprint density at radius 2 is 2.00 bits per heavy atom. The number of ether oxygens (including phenoxy) is 1. The maximum Gasteiger partial charge on any atom is 0.347 e. The van der Waals surface area contributed by atoms with Crippen molar-refractivity contribution in [3.63, 3.8) is 0 Å². The summed E-state index contributed by atoms with van der Waals surface area (Å²) < 4.78 is 5.53. The van der Waals surface area contributed by atoms with E-state index in [1.807, 2.05) is 36.6 Å². The van der Waals surface area contributed by atoms with Crippen molar-refractivity contribution < 1.29 is 14.6 Å². The van der Waals surface area contributed by atoms with E-state index in [2.05, 4.69) is 43.1 Å². The second-order valence-corrected chi connectivity index (χ2v) is 8.21. The zero-order chi connectivity index (χ0) is 22.9. The summed E-state index contributed by atoms with van der Waals surface area (Å²) in [6, 6.07) is 7.57. The lowest BCUT2D eigenvalue weighted by molar-refractivity contribution is -0.152. The first-order valence-corrected chi connectivity index (χ1v) is 10.8. The second-order valence-electron chi connectivity index (χ2n) is 8.21. The Kier molecular flexibility index (Phi) is 8.86. The summed E-state index contributed by atoms with van der Waals surface area (Å²) in [5, 5.41) is 9.15. The van der Waals surface area contributed by atoms with Crippen LogP contribution in [0, 0.1) is 5.92 Å². The van der Waals surface area contributed by atoms with Crippen molar-refractivity contribution >= 4 is 12.2 Å². The first-order chi connectivity index (χ1) is 14.7. The Hall–Kier alpha value is -3.08. The predicted octanol–water partition coefficient (Wildman–Crippen LogP) is 5.59. The lowest BCUT2D eigenvalue weighted by Crippen LogP contribution is -2.37. The summed E-state index contributed by atoms with van der Waals surface area (Å²) in [7, 11) is 0. The van der Waals surface area contributed by atoms with Gasteiger partial charge in [0.2, 0.25) is 0 Å². The van der Waals surface area contributed by atoms with Gasteiger partial charge in [0.05, 0.1) is 11.4 Å². The minimum Gasteiger partial charge on any atom is -0.478 e. The highest BCUT2D eigenvalue weighted by atomic mass is 16.5. The number of hydrogen-bond acceptors (Lipinski definition) is 4. The molecule has 166 valence electrons. The number of rotatable bonds is 10. The molecule has 31 heavy (non-hydrogen) atoms. The minimum absolute atomic E-state index is 0.286.